The van der Waals surface area contributed by atoms with Crippen molar-refractivity contribution in [3.8, 4) is 0 Å². The van der Waals surface area contributed by atoms with Crippen LogP contribution in [-0.4, -0.2) is 18.1 Å². The van der Waals surface area contributed by atoms with Crippen LogP contribution in [-0.2, 0) is 0 Å². The zero-order valence-corrected chi connectivity index (χ0v) is 12.6. The quantitative estimate of drug-likeness (QED) is 0.818. The van der Waals surface area contributed by atoms with Gasteiger partial charge in [0.15, 0.2) is 0 Å². The van der Waals surface area contributed by atoms with Crippen LogP contribution in [0.25, 0.3) is 12.2 Å². The summed E-state index contributed by atoms with van der Waals surface area (Å²) in [7, 11) is 0. The van der Waals surface area contributed by atoms with E-state index in [4.69, 9.17) is 0 Å². The van der Waals surface area contributed by atoms with Crippen LogP contribution < -0.4 is 4.90 Å². The number of aromatic nitrogens is 1. The molecule has 0 radical (unpaired) electrons. The molecule has 2 heterocycles. The number of benzene rings is 1. The number of piperidine rings is 1. The van der Waals surface area contributed by atoms with Crippen LogP contribution in [0.3, 0.4) is 0 Å². The SMILES string of the molecule is Cc1cnc(C=Cc2ccccc2)cc1N1CCCCC1. The Balaban J connectivity index is 1.82. The number of rotatable bonds is 3. The Kier molecular flexibility index (Phi) is 4.34. The van der Waals surface area contributed by atoms with Crippen molar-refractivity contribution in [1.82, 2.24) is 4.98 Å². The highest BCUT2D eigenvalue weighted by atomic mass is 15.1. The van der Waals surface area contributed by atoms with Crippen molar-refractivity contribution in [1.29, 1.82) is 0 Å². The molecule has 1 aliphatic rings. The van der Waals surface area contributed by atoms with Crippen molar-refractivity contribution in [2.45, 2.75) is 26.2 Å². The van der Waals surface area contributed by atoms with Crippen molar-refractivity contribution in [3.05, 3.63) is 59.4 Å². The molecule has 0 unspecified atom stereocenters. The van der Waals surface area contributed by atoms with E-state index >= 15 is 0 Å². The average molecular weight is 278 g/mol. The molecule has 0 spiro atoms. The third kappa shape index (κ3) is 3.52. The molecule has 108 valence electrons. The van der Waals surface area contributed by atoms with Gasteiger partial charge in [0.1, 0.15) is 0 Å². The summed E-state index contributed by atoms with van der Waals surface area (Å²) >= 11 is 0. The molecular formula is C19H22N2. The largest absolute Gasteiger partial charge is 0.371 e. The fourth-order valence-electron chi connectivity index (χ4n) is 2.84. The second-order valence-corrected chi connectivity index (χ2v) is 5.69. The first kappa shape index (κ1) is 13.9. The van der Waals surface area contributed by atoms with Crippen molar-refractivity contribution in [2.24, 2.45) is 0 Å². The average Bonchev–Trinajstić information content (AvgIpc) is 2.56. The standard InChI is InChI=1S/C19H22N2/c1-16-15-20-18(11-10-17-8-4-2-5-9-17)14-19(16)21-12-6-3-7-13-21/h2,4-5,8-11,14-15H,3,6-7,12-13H2,1H3. The van der Waals surface area contributed by atoms with Crippen molar-refractivity contribution >= 4 is 17.8 Å². The van der Waals surface area contributed by atoms with Gasteiger partial charge in [0.2, 0.25) is 0 Å². The number of anilines is 1. The van der Waals surface area contributed by atoms with Crippen molar-refractivity contribution in [2.75, 3.05) is 18.0 Å². The molecule has 0 N–H and O–H groups in total. The number of aryl methyl sites for hydroxylation is 1. The van der Waals surface area contributed by atoms with Gasteiger partial charge >= 0.3 is 0 Å². The summed E-state index contributed by atoms with van der Waals surface area (Å²) in [4.78, 5) is 7.04. The van der Waals surface area contributed by atoms with Crippen LogP contribution in [0.1, 0.15) is 36.1 Å². The summed E-state index contributed by atoms with van der Waals surface area (Å²) < 4.78 is 0. The van der Waals surface area contributed by atoms with E-state index in [1.165, 1.54) is 49.2 Å². The molecule has 1 fully saturated rings. The Morgan fingerprint density at radius 3 is 2.52 bits per heavy atom. The molecule has 3 rings (SSSR count). The smallest absolute Gasteiger partial charge is 0.0650 e. The second kappa shape index (κ2) is 6.57. The Labute approximate surface area is 127 Å². The summed E-state index contributed by atoms with van der Waals surface area (Å²) in [5, 5.41) is 0. The predicted molar refractivity (Wildman–Crippen MR) is 90.4 cm³/mol. The predicted octanol–water partition coefficient (Wildman–Crippen LogP) is 4.55. The van der Waals surface area contributed by atoms with Gasteiger partial charge in [-0.2, -0.15) is 0 Å². The van der Waals surface area contributed by atoms with Gasteiger partial charge in [0, 0.05) is 25.0 Å². The molecule has 0 aliphatic carbocycles. The molecule has 1 aromatic carbocycles. The van der Waals surface area contributed by atoms with Crippen LogP contribution in [0.15, 0.2) is 42.6 Å². The first-order chi connectivity index (χ1) is 10.3. The molecule has 2 heteroatoms. The number of nitrogens with zero attached hydrogens (tertiary/aromatic N) is 2. The van der Waals surface area contributed by atoms with E-state index in [9.17, 15) is 0 Å². The molecule has 21 heavy (non-hydrogen) atoms. The lowest BCUT2D eigenvalue weighted by molar-refractivity contribution is 0.577. The van der Waals surface area contributed by atoms with E-state index in [-0.39, 0.29) is 0 Å². The summed E-state index contributed by atoms with van der Waals surface area (Å²) in [6, 6.07) is 12.6. The number of hydrogen-bond donors (Lipinski definition) is 0. The van der Waals surface area contributed by atoms with Crippen molar-refractivity contribution in [3.63, 3.8) is 0 Å². The first-order valence-electron chi connectivity index (χ1n) is 7.78. The lowest BCUT2D eigenvalue weighted by Gasteiger charge is -2.30. The van der Waals surface area contributed by atoms with E-state index in [0.29, 0.717) is 0 Å². The first-order valence-corrected chi connectivity index (χ1v) is 7.78. The minimum Gasteiger partial charge on any atom is -0.371 e. The Bertz CT molecular complexity index is 611. The summed E-state index contributed by atoms with van der Waals surface area (Å²) in [5.74, 6) is 0. The minimum atomic E-state index is 1.03. The molecular weight excluding hydrogens is 256 g/mol. The van der Waals surface area contributed by atoms with Gasteiger partial charge in [0.25, 0.3) is 0 Å². The third-order valence-electron chi connectivity index (χ3n) is 4.04. The molecule has 1 saturated heterocycles. The molecule has 0 amide bonds. The molecule has 0 bridgehead atoms. The van der Waals surface area contributed by atoms with Crippen LogP contribution in [0.4, 0.5) is 5.69 Å². The zero-order valence-electron chi connectivity index (χ0n) is 12.6. The molecule has 1 aromatic heterocycles. The highest BCUT2D eigenvalue weighted by Crippen LogP contribution is 2.24. The van der Waals surface area contributed by atoms with Crippen LogP contribution in [0.5, 0.6) is 0 Å². The van der Waals surface area contributed by atoms with E-state index < -0.39 is 0 Å². The van der Waals surface area contributed by atoms with Crippen LogP contribution in [0, 0.1) is 6.92 Å². The van der Waals surface area contributed by atoms with Crippen LogP contribution in [0.2, 0.25) is 0 Å². The Morgan fingerprint density at radius 2 is 1.76 bits per heavy atom. The minimum absolute atomic E-state index is 1.03. The number of hydrogen-bond acceptors (Lipinski definition) is 2. The van der Waals surface area contributed by atoms with Gasteiger partial charge in [-0.15, -0.1) is 0 Å². The maximum atomic E-state index is 4.54. The maximum absolute atomic E-state index is 4.54. The zero-order chi connectivity index (χ0) is 14.5. The molecule has 2 nitrogen and oxygen atoms in total. The van der Waals surface area contributed by atoms with Crippen molar-refractivity contribution < 1.29 is 0 Å². The molecule has 1 aliphatic heterocycles. The van der Waals surface area contributed by atoms with E-state index in [1.54, 1.807) is 0 Å². The lowest BCUT2D eigenvalue weighted by Crippen LogP contribution is -2.30. The summed E-state index contributed by atoms with van der Waals surface area (Å²) in [6.45, 7) is 4.50. The summed E-state index contributed by atoms with van der Waals surface area (Å²) in [6.07, 6.45) is 10.2. The monoisotopic (exact) mass is 278 g/mol. The van der Waals surface area contributed by atoms with E-state index in [2.05, 4.69) is 59.3 Å². The molecule has 0 saturated carbocycles. The van der Waals surface area contributed by atoms with Gasteiger partial charge in [-0.3, -0.25) is 4.98 Å². The van der Waals surface area contributed by atoms with Gasteiger partial charge < -0.3 is 4.90 Å². The highest BCUT2D eigenvalue weighted by molar-refractivity contribution is 5.70. The maximum Gasteiger partial charge on any atom is 0.0650 e. The molecule has 0 atom stereocenters. The number of pyridine rings is 1. The van der Waals surface area contributed by atoms with Gasteiger partial charge in [-0.25, -0.2) is 0 Å². The molecule has 2 aromatic rings. The lowest BCUT2D eigenvalue weighted by atomic mass is 10.1. The van der Waals surface area contributed by atoms with Crippen LogP contribution >= 0.6 is 0 Å². The third-order valence-corrected chi connectivity index (χ3v) is 4.04. The Morgan fingerprint density at radius 1 is 1.00 bits per heavy atom. The summed E-state index contributed by atoms with van der Waals surface area (Å²) in [5.41, 5.74) is 4.86. The normalized spacial score (nSPS) is 15.6. The highest BCUT2D eigenvalue weighted by Gasteiger charge is 2.13. The second-order valence-electron chi connectivity index (χ2n) is 5.69. The topological polar surface area (TPSA) is 16.1 Å². The van der Waals surface area contributed by atoms with E-state index in [0.717, 1.165) is 5.69 Å². The fourth-order valence-corrected chi connectivity index (χ4v) is 2.84. The van der Waals surface area contributed by atoms with E-state index in [1.807, 2.05) is 12.3 Å². The fraction of sp³-hybridized carbons (Fsp3) is 0.316. The van der Waals surface area contributed by atoms with Gasteiger partial charge in [-0.05, 0) is 49.5 Å². The van der Waals surface area contributed by atoms with Gasteiger partial charge in [0.05, 0.1) is 5.69 Å². The Hall–Kier alpha value is -2.09. The van der Waals surface area contributed by atoms with Gasteiger partial charge in [-0.1, -0.05) is 36.4 Å².